The van der Waals surface area contributed by atoms with E-state index >= 15 is 0 Å². The lowest BCUT2D eigenvalue weighted by molar-refractivity contribution is 0.0202. The summed E-state index contributed by atoms with van der Waals surface area (Å²) in [4.78, 5) is 11.4. The quantitative estimate of drug-likeness (QED) is 0.322. The minimum absolute atomic E-state index is 0. The minimum Gasteiger partial charge on any atom is -0.475 e. The molecular formula is C23H34Cl2N4O. The van der Waals surface area contributed by atoms with Crippen LogP contribution in [0.4, 0.5) is 0 Å². The van der Waals surface area contributed by atoms with Crippen LogP contribution >= 0.6 is 24.8 Å². The summed E-state index contributed by atoms with van der Waals surface area (Å²) in [6.45, 7) is 8.89. The Hall–Kier alpha value is -1.82. The standard InChI is InChI=1S/C23H32N4O.2ClH/c1-4-7-15-26(16-8-5-2)22(6-3)28-20-12-10-19(11-13-20)21-18-27-17-9-14-24-23(27)25-21;;/h9-14,17-18,22H,4-8,15-16H2,1-3H3;2*1H. The fraction of sp³-hybridized carbons (Fsp3) is 0.478. The molecule has 3 aromatic rings. The fourth-order valence-electron chi connectivity index (χ4n) is 3.37. The van der Waals surface area contributed by atoms with Crippen molar-refractivity contribution < 1.29 is 4.74 Å². The number of rotatable bonds is 11. The van der Waals surface area contributed by atoms with Crippen LogP contribution in [0.1, 0.15) is 52.9 Å². The van der Waals surface area contributed by atoms with Crippen molar-refractivity contribution in [1.82, 2.24) is 19.3 Å². The second-order valence-electron chi connectivity index (χ2n) is 7.20. The van der Waals surface area contributed by atoms with Crippen LogP contribution in [-0.2, 0) is 0 Å². The lowest BCUT2D eigenvalue weighted by Gasteiger charge is -2.31. The molecule has 3 rings (SSSR count). The Morgan fingerprint density at radius 3 is 2.23 bits per heavy atom. The highest BCUT2D eigenvalue weighted by atomic mass is 35.5. The number of hydrogen-bond donors (Lipinski definition) is 0. The summed E-state index contributed by atoms with van der Waals surface area (Å²) in [5, 5.41) is 0. The predicted octanol–water partition coefficient (Wildman–Crippen LogP) is 6.26. The molecule has 0 spiro atoms. The number of fused-ring (bicyclic) bond motifs is 1. The topological polar surface area (TPSA) is 42.7 Å². The number of hydrogen-bond acceptors (Lipinski definition) is 4. The second kappa shape index (κ2) is 13.5. The fourth-order valence-corrected chi connectivity index (χ4v) is 3.37. The molecule has 0 fully saturated rings. The van der Waals surface area contributed by atoms with Crippen LogP contribution in [0.5, 0.6) is 5.75 Å². The van der Waals surface area contributed by atoms with E-state index in [0.29, 0.717) is 5.78 Å². The van der Waals surface area contributed by atoms with E-state index in [1.165, 1.54) is 25.7 Å². The van der Waals surface area contributed by atoms with Crippen molar-refractivity contribution in [2.75, 3.05) is 13.1 Å². The first-order chi connectivity index (χ1) is 13.7. The molecule has 1 aromatic carbocycles. The average molecular weight is 453 g/mol. The number of aromatic nitrogens is 3. The third-order valence-corrected chi connectivity index (χ3v) is 5.01. The van der Waals surface area contributed by atoms with E-state index < -0.39 is 0 Å². The molecule has 0 bridgehead atoms. The van der Waals surface area contributed by atoms with Gasteiger partial charge in [-0.15, -0.1) is 24.8 Å². The third kappa shape index (κ3) is 6.86. The Morgan fingerprint density at radius 1 is 1.00 bits per heavy atom. The molecule has 7 heteroatoms. The second-order valence-corrected chi connectivity index (χ2v) is 7.20. The van der Waals surface area contributed by atoms with Gasteiger partial charge in [0.1, 0.15) is 5.75 Å². The van der Waals surface area contributed by atoms with Crippen molar-refractivity contribution in [3.05, 3.63) is 48.9 Å². The first-order valence-electron chi connectivity index (χ1n) is 10.6. The van der Waals surface area contributed by atoms with E-state index in [0.717, 1.165) is 36.5 Å². The van der Waals surface area contributed by atoms with Gasteiger partial charge in [-0.1, -0.05) is 33.6 Å². The number of benzene rings is 1. The van der Waals surface area contributed by atoms with Gasteiger partial charge in [0.15, 0.2) is 6.23 Å². The molecular weight excluding hydrogens is 419 g/mol. The molecule has 0 radical (unpaired) electrons. The normalized spacial score (nSPS) is 11.7. The number of ether oxygens (including phenoxy) is 1. The van der Waals surface area contributed by atoms with Crippen LogP contribution in [0.25, 0.3) is 17.0 Å². The van der Waals surface area contributed by atoms with Crippen LogP contribution in [0.2, 0.25) is 0 Å². The molecule has 5 nitrogen and oxygen atoms in total. The zero-order chi connectivity index (χ0) is 19.8. The molecule has 0 aliphatic heterocycles. The predicted molar refractivity (Wildman–Crippen MR) is 129 cm³/mol. The molecule has 2 heterocycles. The zero-order valence-electron chi connectivity index (χ0n) is 18.2. The van der Waals surface area contributed by atoms with Gasteiger partial charge >= 0.3 is 0 Å². The highest BCUT2D eigenvalue weighted by Gasteiger charge is 2.17. The van der Waals surface area contributed by atoms with Gasteiger partial charge in [0.2, 0.25) is 5.78 Å². The van der Waals surface area contributed by atoms with Gasteiger partial charge in [0, 0.05) is 37.2 Å². The Labute approximate surface area is 192 Å². The molecule has 0 saturated carbocycles. The van der Waals surface area contributed by atoms with Gasteiger partial charge in [0.25, 0.3) is 0 Å². The van der Waals surface area contributed by atoms with Crippen LogP contribution in [0.3, 0.4) is 0 Å². The lowest BCUT2D eigenvalue weighted by atomic mass is 10.1. The number of halogens is 2. The third-order valence-electron chi connectivity index (χ3n) is 5.01. The maximum atomic E-state index is 6.36. The van der Waals surface area contributed by atoms with Gasteiger partial charge in [0.05, 0.1) is 5.69 Å². The van der Waals surface area contributed by atoms with Crippen molar-refractivity contribution in [2.45, 2.75) is 59.1 Å². The van der Waals surface area contributed by atoms with Crippen molar-refractivity contribution >= 4 is 30.6 Å². The van der Waals surface area contributed by atoms with E-state index in [1.807, 2.05) is 35.0 Å². The SMILES string of the molecule is CCCCN(CCCC)C(CC)Oc1ccc(-c2cn3cccnc3n2)cc1.Cl.Cl. The molecule has 1 atom stereocenters. The van der Waals surface area contributed by atoms with E-state index in [4.69, 9.17) is 4.74 Å². The molecule has 0 aliphatic rings. The van der Waals surface area contributed by atoms with Gasteiger partial charge in [-0.3, -0.25) is 9.30 Å². The number of nitrogens with zero attached hydrogens (tertiary/aromatic N) is 4. The molecule has 1 unspecified atom stereocenters. The monoisotopic (exact) mass is 452 g/mol. The van der Waals surface area contributed by atoms with Crippen molar-refractivity contribution in [1.29, 1.82) is 0 Å². The molecule has 0 saturated heterocycles. The Kier molecular flexibility index (Phi) is 11.8. The largest absolute Gasteiger partial charge is 0.475 e. The molecule has 0 aliphatic carbocycles. The maximum Gasteiger partial charge on any atom is 0.234 e. The van der Waals surface area contributed by atoms with Crippen molar-refractivity contribution in [3.8, 4) is 17.0 Å². The molecule has 30 heavy (non-hydrogen) atoms. The summed E-state index contributed by atoms with van der Waals surface area (Å²) in [6.07, 6.45) is 11.7. The van der Waals surface area contributed by atoms with E-state index in [9.17, 15) is 0 Å². The van der Waals surface area contributed by atoms with E-state index in [2.05, 4.69) is 47.8 Å². The maximum absolute atomic E-state index is 6.36. The number of unbranched alkanes of at least 4 members (excludes halogenated alkanes) is 2. The highest BCUT2D eigenvalue weighted by Crippen LogP contribution is 2.23. The molecule has 0 N–H and O–H groups in total. The smallest absolute Gasteiger partial charge is 0.234 e. The van der Waals surface area contributed by atoms with Gasteiger partial charge in [-0.05, 0) is 49.6 Å². The molecule has 0 amide bonds. The van der Waals surface area contributed by atoms with Crippen LogP contribution in [-0.4, -0.2) is 38.6 Å². The van der Waals surface area contributed by atoms with Crippen LogP contribution in [0.15, 0.2) is 48.9 Å². The average Bonchev–Trinajstić information content (AvgIpc) is 3.17. The summed E-state index contributed by atoms with van der Waals surface area (Å²) in [7, 11) is 0. The van der Waals surface area contributed by atoms with E-state index in [-0.39, 0.29) is 31.0 Å². The highest BCUT2D eigenvalue weighted by molar-refractivity contribution is 5.85. The van der Waals surface area contributed by atoms with Crippen LogP contribution in [0, 0.1) is 0 Å². The Bertz CT molecular complexity index is 813. The van der Waals surface area contributed by atoms with Crippen LogP contribution < -0.4 is 4.74 Å². The van der Waals surface area contributed by atoms with Crippen molar-refractivity contribution in [3.63, 3.8) is 0 Å². The molecule has 2 aromatic heterocycles. The van der Waals surface area contributed by atoms with Gasteiger partial charge in [-0.2, -0.15) is 0 Å². The molecule has 166 valence electrons. The van der Waals surface area contributed by atoms with Gasteiger partial charge < -0.3 is 4.74 Å². The summed E-state index contributed by atoms with van der Waals surface area (Å²) in [5.74, 6) is 1.63. The summed E-state index contributed by atoms with van der Waals surface area (Å²) in [6, 6.07) is 10.2. The summed E-state index contributed by atoms with van der Waals surface area (Å²) >= 11 is 0. The van der Waals surface area contributed by atoms with E-state index in [1.54, 1.807) is 6.20 Å². The number of imidazole rings is 1. The summed E-state index contributed by atoms with van der Waals surface area (Å²) < 4.78 is 8.29. The van der Waals surface area contributed by atoms with Gasteiger partial charge in [-0.25, -0.2) is 9.97 Å². The first kappa shape index (κ1) is 26.2. The lowest BCUT2D eigenvalue weighted by Crippen LogP contribution is -2.40. The summed E-state index contributed by atoms with van der Waals surface area (Å²) in [5.41, 5.74) is 1.99. The minimum atomic E-state index is 0. The Balaban J connectivity index is 0.00000225. The first-order valence-corrected chi connectivity index (χ1v) is 10.6. The van der Waals surface area contributed by atoms with Crippen molar-refractivity contribution in [2.24, 2.45) is 0 Å². The zero-order valence-corrected chi connectivity index (χ0v) is 19.8. The Morgan fingerprint density at radius 2 is 1.67 bits per heavy atom.